The van der Waals surface area contributed by atoms with Crippen LogP contribution in [0.2, 0.25) is 0 Å². The molecule has 1 N–H and O–H groups in total. The number of rotatable bonds is 8. The Labute approximate surface area is 230 Å². The molecule has 1 aliphatic carbocycles. The van der Waals surface area contributed by atoms with Gasteiger partial charge >= 0.3 is 5.69 Å². The maximum Gasteiger partial charge on any atom is 0.351 e. The van der Waals surface area contributed by atoms with Gasteiger partial charge in [-0.25, -0.2) is 4.79 Å². The van der Waals surface area contributed by atoms with E-state index < -0.39 is 11.8 Å². The lowest BCUT2D eigenvalue weighted by Gasteiger charge is -2.28. The molecule has 1 amide bonds. The molecule has 0 fully saturated rings. The van der Waals surface area contributed by atoms with Crippen molar-refractivity contribution in [3.05, 3.63) is 119 Å². The Balaban J connectivity index is 1.41. The highest BCUT2D eigenvalue weighted by Crippen LogP contribution is 2.41. The summed E-state index contributed by atoms with van der Waals surface area (Å²) in [5.41, 5.74) is 3.51. The van der Waals surface area contributed by atoms with Crippen LogP contribution in [0, 0.1) is 0 Å². The number of allylic oxidation sites excluding steroid dienone is 3. The molecule has 2 aromatic carbocycles. The minimum absolute atomic E-state index is 0.0278. The van der Waals surface area contributed by atoms with Gasteiger partial charge in [-0.15, -0.1) is 0 Å². The highest BCUT2D eigenvalue weighted by molar-refractivity contribution is 5.92. The minimum atomic E-state index is -0.732. The van der Waals surface area contributed by atoms with Crippen LogP contribution in [0.3, 0.4) is 0 Å². The van der Waals surface area contributed by atoms with Crippen molar-refractivity contribution in [1.82, 2.24) is 9.55 Å². The van der Waals surface area contributed by atoms with E-state index in [4.69, 9.17) is 18.9 Å². The van der Waals surface area contributed by atoms with Crippen molar-refractivity contribution in [3.8, 4) is 22.9 Å². The summed E-state index contributed by atoms with van der Waals surface area (Å²) in [4.78, 5) is 30.4. The molecule has 6 rings (SSSR count). The van der Waals surface area contributed by atoms with Gasteiger partial charge in [-0.05, 0) is 42.5 Å². The van der Waals surface area contributed by atoms with Crippen molar-refractivity contribution in [3.63, 3.8) is 0 Å². The first kappa shape index (κ1) is 25.2. The number of ether oxygens (including phenoxy) is 4. The van der Waals surface area contributed by atoms with Gasteiger partial charge < -0.3 is 24.3 Å². The van der Waals surface area contributed by atoms with E-state index in [0.717, 1.165) is 23.1 Å². The second-order valence-corrected chi connectivity index (χ2v) is 9.39. The Morgan fingerprint density at radius 3 is 2.73 bits per heavy atom. The molecule has 3 aromatic rings. The molecular weight excluding hydrogens is 510 g/mol. The van der Waals surface area contributed by atoms with Gasteiger partial charge in [0, 0.05) is 17.8 Å². The van der Waals surface area contributed by atoms with Crippen LogP contribution in [0.4, 0.5) is 5.69 Å². The lowest BCUT2D eigenvalue weighted by atomic mass is 9.97. The number of carbonyl (C=O) groups excluding carboxylic acids is 1. The fourth-order valence-electron chi connectivity index (χ4n) is 4.92. The fraction of sp³-hybridized carbons (Fsp3) is 0.194. The molecule has 2 aliphatic heterocycles. The average Bonchev–Trinajstić information content (AvgIpc) is 3.00. The van der Waals surface area contributed by atoms with E-state index in [2.05, 4.69) is 16.4 Å². The number of hydrogen-bond acceptors (Lipinski definition) is 7. The van der Waals surface area contributed by atoms with Gasteiger partial charge in [0.15, 0.2) is 18.5 Å². The molecule has 0 saturated heterocycles. The first-order chi connectivity index (χ1) is 19.7. The third kappa shape index (κ3) is 5.26. The summed E-state index contributed by atoms with van der Waals surface area (Å²) in [6, 6.07) is 16.9. The van der Waals surface area contributed by atoms with Crippen molar-refractivity contribution >= 4 is 11.6 Å². The molecule has 9 nitrogen and oxygen atoms in total. The largest absolute Gasteiger partial charge is 0.476 e. The zero-order chi connectivity index (χ0) is 27.3. The summed E-state index contributed by atoms with van der Waals surface area (Å²) in [7, 11) is 0. The smallest absolute Gasteiger partial charge is 0.351 e. The first-order valence-electron chi connectivity index (χ1n) is 13.1. The maximum absolute atomic E-state index is 13.3. The lowest BCUT2D eigenvalue weighted by molar-refractivity contribution is -0.118. The quantitative estimate of drug-likeness (QED) is 0.438. The number of nitrogens with one attached hydrogen (secondary N) is 1. The van der Waals surface area contributed by atoms with Gasteiger partial charge in [0.05, 0.1) is 0 Å². The summed E-state index contributed by atoms with van der Waals surface area (Å²) in [6.07, 6.45) is 11.7. The number of nitrogens with zero attached hydrogens (tertiary/aromatic N) is 2. The third-order valence-corrected chi connectivity index (χ3v) is 6.78. The Kier molecular flexibility index (Phi) is 7.17. The number of aryl methyl sites for hydroxylation is 1. The number of carbonyl (C=O) groups is 1. The number of amides is 1. The Bertz CT molecular complexity index is 1600. The van der Waals surface area contributed by atoms with Crippen LogP contribution in [0.15, 0.2) is 108 Å². The van der Waals surface area contributed by atoms with Crippen molar-refractivity contribution in [2.45, 2.75) is 31.9 Å². The maximum atomic E-state index is 13.3. The molecule has 1 atom stereocenters. The fourth-order valence-corrected chi connectivity index (χ4v) is 4.92. The standard InChI is InChI=1S/C31H27N3O6/c35-26(32-23-12-5-2-6-13-23)20-39-29-27-24-14-8-7-9-21(24)15-16-34(27)31(36)33-30(29)40-28(22-10-3-1-4-11-22)25-19-37-17-18-38-25/h1-3,5-10,12-14,17-19,28H,4,11,15-16,20H2,(H,32,35). The van der Waals surface area contributed by atoms with Crippen molar-refractivity contribution in [1.29, 1.82) is 0 Å². The average molecular weight is 538 g/mol. The van der Waals surface area contributed by atoms with Crippen LogP contribution < -0.4 is 20.5 Å². The van der Waals surface area contributed by atoms with Gasteiger partial charge in [0.25, 0.3) is 11.8 Å². The van der Waals surface area contributed by atoms with Crippen molar-refractivity contribution in [2.24, 2.45) is 0 Å². The molecule has 3 heterocycles. The molecule has 0 spiro atoms. The summed E-state index contributed by atoms with van der Waals surface area (Å²) in [6.45, 7) is 0.110. The van der Waals surface area contributed by atoms with Gasteiger partial charge in [-0.2, -0.15) is 4.98 Å². The second kappa shape index (κ2) is 11.4. The van der Waals surface area contributed by atoms with Crippen LogP contribution in [-0.4, -0.2) is 28.2 Å². The van der Waals surface area contributed by atoms with E-state index in [9.17, 15) is 9.59 Å². The van der Waals surface area contributed by atoms with E-state index in [0.29, 0.717) is 36.5 Å². The van der Waals surface area contributed by atoms with Crippen LogP contribution in [-0.2, 0) is 27.2 Å². The molecular formula is C31H27N3O6. The predicted molar refractivity (Wildman–Crippen MR) is 148 cm³/mol. The molecule has 40 heavy (non-hydrogen) atoms. The van der Waals surface area contributed by atoms with E-state index in [1.807, 2.05) is 54.6 Å². The van der Waals surface area contributed by atoms with Crippen molar-refractivity contribution < 1.29 is 23.7 Å². The zero-order valence-corrected chi connectivity index (χ0v) is 21.6. The predicted octanol–water partition coefficient (Wildman–Crippen LogP) is 4.87. The monoisotopic (exact) mass is 537 g/mol. The van der Waals surface area contributed by atoms with Gasteiger partial charge in [-0.3, -0.25) is 9.36 Å². The van der Waals surface area contributed by atoms with Crippen LogP contribution in [0.1, 0.15) is 18.4 Å². The molecule has 0 radical (unpaired) electrons. The van der Waals surface area contributed by atoms with E-state index in [1.165, 1.54) is 18.8 Å². The third-order valence-electron chi connectivity index (χ3n) is 6.78. The summed E-state index contributed by atoms with van der Waals surface area (Å²) in [5, 5.41) is 2.82. The molecule has 1 aromatic heterocycles. The Morgan fingerprint density at radius 1 is 1.07 bits per heavy atom. The lowest BCUT2D eigenvalue weighted by Crippen LogP contribution is -2.32. The van der Waals surface area contributed by atoms with E-state index in [1.54, 1.807) is 16.7 Å². The Morgan fingerprint density at radius 2 is 1.93 bits per heavy atom. The van der Waals surface area contributed by atoms with E-state index >= 15 is 0 Å². The number of fused-ring (bicyclic) bond motifs is 3. The highest BCUT2D eigenvalue weighted by Gasteiger charge is 2.31. The van der Waals surface area contributed by atoms with Gasteiger partial charge in [0.2, 0.25) is 5.75 Å². The number of anilines is 1. The number of para-hydroxylation sites is 1. The number of aromatic nitrogens is 2. The van der Waals surface area contributed by atoms with Gasteiger partial charge in [-0.1, -0.05) is 60.7 Å². The molecule has 3 aliphatic rings. The molecule has 0 saturated carbocycles. The van der Waals surface area contributed by atoms with Crippen LogP contribution >= 0.6 is 0 Å². The SMILES string of the molecule is O=C(COc1c(OC(C2=CC=CCC2)C2=COC=CO2)nc(=O)n2c1-c1ccccc1CC2)Nc1ccccc1. The first-order valence-corrected chi connectivity index (χ1v) is 13.1. The van der Waals surface area contributed by atoms with E-state index in [-0.39, 0.29) is 24.1 Å². The minimum Gasteiger partial charge on any atom is -0.476 e. The van der Waals surface area contributed by atoms with Gasteiger partial charge in [0.1, 0.15) is 24.5 Å². The number of hydrogen-bond donors (Lipinski definition) is 1. The topological polar surface area (TPSA) is 101 Å². The van der Waals surface area contributed by atoms with Crippen molar-refractivity contribution in [2.75, 3.05) is 11.9 Å². The summed E-state index contributed by atoms with van der Waals surface area (Å²) in [5.74, 6) is 0.219. The normalized spacial score (nSPS) is 15.8. The Hall–Kier alpha value is -5.05. The van der Waals surface area contributed by atoms with Crippen LogP contribution in [0.5, 0.6) is 11.6 Å². The second-order valence-electron chi connectivity index (χ2n) is 9.39. The summed E-state index contributed by atoms with van der Waals surface area (Å²) >= 11 is 0. The van der Waals surface area contributed by atoms with Crippen LogP contribution in [0.25, 0.3) is 11.3 Å². The number of benzene rings is 2. The molecule has 9 heteroatoms. The molecule has 1 unspecified atom stereocenters. The summed E-state index contributed by atoms with van der Waals surface area (Å²) < 4.78 is 25.2. The molecule has 0 bridgehead atoms. The molecule has 202 valence electrons. The zero-order valence-electron chi connectivity index (χ0n) is 21.6. The highest BCUT2D eigenvalue weighted by atomic mass is 16.6.